The fourth-order valence-corrected chi connectivity index (χ4v) is 8.62. The van der Waals surface area contributed by atoms with Crippen molar-refractivity contribution in [1.29, 1.82) is 5.26 Å². The van der Waals surface area contributed by atoms with Gasteiger partial charge in [-0.15, -0.1) is 0 Å². The van der Waals surface area contributed by atoms with Gasteiger partial charge in [0.15, 0.2) is 0 Å². The Balaban J connectivity index is 1.11. The van der Waals surface area contributed by atoms with Crippen LogP contribution in [0.1, 0.15) is 5.56 Å². The number of benzene rings is 8. The van der Waals surface area contributed by atoms with Crippen LogP contribution in [0.2, 0.25) is 0 Å². The zero-order valence-electron chi connectivity index (χ0n) is 28.6. The molecule has 0 saturated carbocycles. The van der Waals surface area contributed by atoms with E-state index in [1.54, 1.807) is 0 Å². The standard InChI is InChI=1S/C49H30N4/c50-31-33-30-36(26-27-37(33)32-22-24-35(25-23-32)51-44-18-8-4-14-38(44)39-15-5-9-19-45(39)51)53-47-21-11-7-17-41(47)43-29-28-42-40-16-6-10-20-46(40)52(48(42)49(43)53)34-12-2-1-3-13-34/h1-30H. The van der Waals surface area contributed by atoms with Gasteiger partial charge in [-0.2, -0.15) is 5.26 Å². The summed E-state index contributed by atoms with van der Waals surface area (Å²) in [5, 5.41) is 17.9. The summed E-state index contributed by atoms with van der Waals surface area (Å²) >= 11 is 0. The molecule has 3 aromatic heterocycles. The minimum Gasteiger partial charge on any atom is -0.309 e. The Labute approximate surface area is 305 Å². The number of rotatable bonds is 4. The highest BCUT2D eigenvalue weighted by Gasteiger charge is 2.22. The Morgan fingerprint density at radius 1 is 0.340 bits per heavy atom. The molecule has 0 N–H and O–H groups in total. The van der Waals surface area contributed by atoms with Crippen molar-refractivity contribution in [1.82, 2.24) is 13.7 Å². The third-order valence-electron chi connectivity index (χ3n) is 10.9. The van der Waals surface area contributed by atoms with Gasteiger partial charge in [-0.1, -0.05) is 121 Å². The molecule has 0 aliphatic heterocycles. The van der Waals surface area contributed by atoms with Crippen molar-refractivity contribution in [2.75, 3.05) is 0 Å². The van der Waals surface area contributed by atoms with Gasteiger partial charge < -0.3 is 13.7 Å². The molecule has 53 heavy (non-hydrogen) atoms. The highest BCUT2D eigenvalue weighted by Crippen LogP contribution is 2.42. The molecule has 0 aliphatic rings. The molecule has 11 rings (SSSR count). The van der Waals surface area contributed by atoms with Crippen molar-refractivity contribution in [2.24, 2.45) is 0 Å². The van der Waals surface area contributed by atoms with Crippen molar-refractivity contribution >= 4 is 65.4 Å². The average molecular weight is 675 g/mol. The van der Waals surface area contributed by atoms with E-state index in [0.717, 1.165) is 50.3 Å². The summed E-state index contributed by atoms with van der Waals surface area (Å²) in [5.74, 6) is 0. The zero-order valence-corrected chi connectivity index (χ0v) is 28.6. The Hall–Kier alpha value is -7.35. The predicted octanol–water partition coefficient (Wildman–Crippen LogP) is 12.5. The molecule has 0 atom stereocenters. The van der Waals surface area contributed by atoms with E-state index < -0.39 is 0 Å². The minimum absolute atomic E-state index is 0.633. The number of nitrogens with zero attached hydrogens (tertiary/aromatic N) is 4. The number of aromatic nitrogens is 3. The summed E-state index contributed by atoms with van der Waals surface area (Å²) < 4.78 is 7.06. The van der Waals surface area contributed by atoms with Gasteiger partial charge >= 0.3 is 0 Å². The first-order chi connectivity index (χ1) is 26.3. The maximum absolute atomic E-state index is 10.7. The number of nitriles is 1. The molecule has 4 heteroatoms. The molecule has 0 aliphatic carbocycles. The molecule has 0 unspecified atom stereocenters. The topological polar surface area (TPSA) is 38.6 Å². The third-order valence-corrected chi connectivity index (χ3v) is 10.9. The van der Waals surface area contributed by atoms with Crippen molar-refractivity contribution in [2.45, 2.75) is 0 Å². The van der Waals surface area contributed by atoms with Crippen LogP contribution in [-0.4, -0.2) is 13.7 Å². The summed E-state index contributed by atoms with van der Waals surface area (Å²) in [6, 6.07) is 67.0. The van der Waals surface area contributed by atoms with Gasteiger partial charge in [-0.3, -0.25) is 0 Å². The van der Waals surface area contributed by atoms with E-state index >= 15 is 0 Å². The summed E-state index contributed by atoms with van der Waals surface area (Å²) in [4.78, 5) is 0. The zero-order chi connectivity index (χ0) is 35.0. The van der Waals surface area contributed by atoms with Crippen LogP contribution in [0.25, 0.3) is 93.6 Å². The first kappa shape index (κ1) is 29.4. The summed E-state index contributed by atoms with van der Waals surface area (Å²) in [6.07, 6.45) is 0. The molecule has 8 aromatic carbocycles. The highest BCUT2D eigenvalue weighted by atomic mass is 15.0. The molecule has 0 bridgehead atoms. The van der Waals surface area contributed by atoms with Crippen molar-refractivity contribution in [3.8, 4) is 34.3 Å². The average Bonchev–Trinajstić information content (AvgIpc) is 3.87. The summed E-state index contributed by atoms with van der Waals surface area (Å²) in [7, 11) is 0. The Bertz CT molecular complexity index is 3220. The third kappa shape index (κ3) is 4.22. The van der Waals surface area contributed by atoms with Crippen molar-refractivity contribution in [3.05, 3.63) is 188 Å². The van der Waals surface area contributed by atoms with Crippen LogP contribution in [0.15, 0.2) is 182 Å². The lowest BCUT2D eigenvalue weighted by atomic mass is 9.99. The Kier molecular flexibility index (Phi) is 6.28. The van der Waals surface area contributed by atoms with Gasteiger partial charge in [0.25, 0.3) is 0 Å². The lowest BCUT2D eigenvalue weighted by molar-refractivity contribution is 1.15. The van der Waals surface area contributed by atoms with Crippen LogP contribution in [0.3, 0.4) is 0 Å². The van der Waals surface area contributed by atoms with Crippen LogP contribution >= 0.6 is 0 Å². The van der Waals surface area contributed by atoms with Gasteiger partial charge in [0.05, 0.1) is 44.7 Å². The normalized spacial score (nSPS) is 11.8. The van der Waals surface area contributed by atoms with Crippen LogP contribution in [0, 0.1) is 11.3 Å². The fraction of sp³-hybridized carbons (Fsp3) is 0. The maximum Gasteiger partial charge on any atom is 0.0998 e. The predicted molar refractivity (Wildman–Crippen MR) is 220 cm³/mol. The molecule has 246 valence electrons. The number of hydrogen-bond donors (Lipinski definition) is 0. The highest BCUT2D eigenvalue weighted by molar-refractivity contribution is 6.23. The van der Waals surface area contributed by atoms with E-state index in [2.05, 4.69) is 202 Å². The molecule has 0 fully saturated rings. The minimum atomic E-state index is 0.633. The SMILES string of the molecule is N#Cc1cc(-n2c3ccccc3c3ccc4c5ccccc5n(-c5ccccc5)c4c32)ccc1-c1ccc(-n2c3ccccc3c3ccccc32)cc1. The van der Waals surface area contributed by atoms with Gasteiger partial charge in [-0.25, -0.2) is 0 Å². The monoisotopic (exact) mass is 674 g/mol. The van der Waals surface area contributed by atoms with E-state index in [1.807, 2.05) is 0 Å². The van der Waals surface area contributed by atoms with Crippen LogP contribution in [0.5, 0.6) is 0 Å². The smallest absolute Gasteiger partial charge is 0.0998 e. The van der Waals surface area contributed by atoms with Crippen molar-refractivity contribution < 1.29 is 0 Å². The summed E-state index contributed by atoms with van der Waals surface area (Å²) in [5.41, 5.74) is 12.6. The molecule has 0 spiro atoms. The Morgan fingerprint density at radius 2 is 0.755 bits per heavy atom. The van der Waals surface area contributed by atoms with E-state index in [4.69, 9.17) is 0 Å². The Morgan fingerprint density at radius 3 is 1.28 bits per heavy atom. The molecule has 0 amide bonds. The lowest BCUT2D eigenvalue weighted by Crippen LogP contribution is -1.99. The lowest BCUT2D eigenvalue weighted by Gasteiger charge is -2.14. The van der Waals surface area contributed by atoms with Crippen LogP contribution in [-0.2, 0) is 0 Å². The van der Waals surface area contributed by atoms with Gasteiger partial charge in [-0.05, 0) is 71.8 Å². The molecule has 0 radical (unpaired) electrons. The van der Waals surface area contributed by atoms with E-state index in [0.29, 0.717) is 5.56 Å². The van der Waals surface area contributed by atoms with E-state index in [1.165, 1.54) is 43.4 Å². The van der Waals surface area contributed by atoms with Gasteiger partial charge in [0.2, 0.25) is 0 Å². The second kappa shape index (κ2) is 11.3. The van der Waals surface area contributed by atoms with Crippen molar-refractivity contribution in [3.63, 3.8) is 0 Å². The molecule has 0 saturated heterocycles. The van der Waals surface area contributed by atoms with Gasteiger partial charge in [0.1, 0.15) is 0 Å². The van der Waals surface area contributed by atoms with Crippen LogP contribution in [0.4, 0.5) is 0 Å². The molecule has 11 aromatic rings. The second-order valence-electron chi connectivity index (χ2n) is 13.7. The quantitative estimate of drug-likeness (QED) is 0.183. The van der Waals surface area contributed by atoms with Crippen LogP contribution < -0.4 is 0 Å². The van der Waals surface area contributed by atoms with E-state index in [-0.39, 0.29) is 0 Å². The first-order valence-electron chi connectivity index (χ1n) is 17.9. The second-order valence-corrected chi connectivity index (χ2v) is 13.7. The maximum atomic E-state index is 10.7. The number of fused-ring (bicyclic) bond motifs is 10. The van der Waals surface area contributed by atoms with E-state index in [9.17, 15) is 5.26 Å². The number of hydrogen-bond acceptors (Lipinski definition) is 1. The summed E-state index contributed by atoms with van der Waals surface area (Å²) in [6.45, 7) is 0. The van der Waals surface area contributed by atoms with Gasteiger partial charge in [0, 0.05) is 49.4 Å². The molecular weight excluding hydrogens is 645 g/mol. The number of para-hydroxylation sites is 5. The molecule has 4 nitrogen and oxygen atoms in total. The molecular formula is C49H30N4. The fourth-order valence-electron chi connectivity index (χ4n) is 8.62. The first-order valence-corrected chi connectivity index (χ1v) is 17.9. The largest absolute Gasteiger partial charge is 0.309 e. The molecule has 3 heterocycles.